The number of rotatable bonds is 5. The highest BCUT2D eigenvalue weighted by Crippen LogP contribution is 2.28. The molecule has 0 spiro atoms. The van der Waals surface area contributed by atoms with E-state index in [9.17, 15) is 4.39 Å². The van der Waals surface area contributed by atoms with Gasteiger partial charge in [0, 0.05) is 11.3 Å². The predicted octanol–water partition coefficient (Wildman–Crippen LogP) is 4.72. The van der Waals surface area contributed by atoms with Gasteiger partial charge < -0.3 is 13.3 Å². The molecule has 0 radical (unpaired) electrons. The Kier molecular flexibility index (Phi) is 4.10. The van der Waals surface area contributed by atoms with Crippen molar-refractivity contribution < 1.29 is 17.6 Å². The van der Waals surface area contributed by atoms with Crippen molar-refractivity contribution in [2.75, 3.05) is 0 Å². The highest BCUT2D eigenvalue weighted by Gasteiger charge is 2.14. The van der Waals surface area contributed by atoms with Gasteiger partial charge in [0.25, 0.3) is 11.1 Å². The van der Waals surface area contributed by atoms with Gasteiger partial charge >= 0.3 is 0 Å². The number of hydrogen-bond donors (Lipinski definition) is 0. The Labute approximate surface area is 146 Å². The minimum atomic E-state index is -0.334. The fourth-order valence-electron chi connectivity index (χ4n) is 2.25. The zero-order valence-electron chi connectivity index (χ0n) is 13.1. The Morgan fingerprint density at radius 2 is 2.04 bits per heavy atom. The monoisotopic (exact) mass is 357 g/mol. The van der Waals surface area contributed by atoms with Gasteiger partial charge in [0.15, 0.2) is 0 Å². The molecule has 0 bridgehead atoms. The average molecular weight is 357 g/mol. The first kappa shape index (κ1) is 15.6. The van der Waals surface area contributed by atoms with Crippen molar-refractivity contribution in [1.82, 2.24) is 15.2 Å². The van der Waals surface area contributed by atoms with Crippen LogP contribution >= 0.6 is 11.8 Å². The van der Waals surface area contributed by atoms with Crippen LogP contribution in [0.3, 0.4) is 0 Å². The normalized spacial score (nSPS) is 11.1. The summed E-state index contributed by atoms with van der Waals surface area (Å²) < 4.78 is 29.5. The lowest BCUT2D eigenvalue weighted by molar-refractivity contribution is 0.463. The predicted molar refractivity (Wildman–Crippen MR) is 88.2 cm³/mol. The quantitative estimate of drug-likeness (QED) is 0.478. The maximum absolute atomic E-state index is 13.3. The van der Waals surface area contributed by atoms with Crippen LogP contribution in [0.15, 0.2) is 61.3 Å². The summed E-state index contributed by atoms with van der Waals surface area (Å²) in [6.07, 6.45) is 3.11. The van der Waals surface area contributed by atoms with Crippen molar-refractivity contribution in [2.45, 2.75) is 17.9 Å². The summed E-state index contributed by atoms with van der Waals surface area (Å²) in [5.41, 5.74) is 2.06. The van der Waals surface area contributed by atoms with Crippen LogP contribution in [-0.2, 0) is 5.75 Å². The Hall–Kier alpha value is -2.87. The summed E-state index contributed by atoms with van der Waals surface area (Å²) in [4.78, 5) is 4.35. The van der Waals surface area contributed by atoms with E-state index < -0.39 is 0 Å². The zero-order valence-corrected chi connectivity index (χ0v) is 13.9. The van der Waals surface area contributed by atoms with Gasteiger partial charge in [-0.3, -0.25) is 0 Å². The molecule has 0 amide bonds. The number of benzene rings is 1. The third kappa shape index (κ3) is 3.34. The van der Waals surface area contributed by atoms with E-state index in [2.05, 4.69) is 15.2 Å². The lowest BCUT2D eigenvalue weighted by Crippen LogP contribution is -1.83. The van der Waals surface area contributed by atoms with Gasteiger partial charge in [-0.15, -0.1) is 10.2 Å². The van der Waals surface area contributed by atoms with Crippen molar-refractivity contribution in [3.63, 3.8) is 0 Å². The van der Waals surface area contributed by atoms with Gasteiger partial charge in [-0.05, 0) is 31.2 Å². The zero-order chi connectivity index (χ0) is 17.2. The first-order chi connectivity index (χ1) is 12.2. The van der Waals surface area contributed by atoms with Crippen molar-refractivity contribution >= 4 is 11.8 Å². The Bertz CT molecular complexity index is 1010. The Morgan fingerprint density at radius 3 is 2.84 bits per heavy atom. The molecule has 0 atom stereocenters. The van der Waals surface area contributed by atoms with Gasteiger partial charge in [0.05, 0.1) is 17.5 Å². The van der Waals surface area contributed by atoms with Gasteiger partial charge in [-0.25, -0.2) is 9.37 Å². The number of aromatic nitrogens is 3. The first-order valence-corrected chi connectivity index (χ1v) is 8.39. The Balaban J connectivity index is 1.44. The van der Waals surface area contributed by atoms with Crippen LogP contribution in [-0.4, -0.2) is 15.2 Å². The molecule has 0 aliphatic rings. The molecular formula is C17H12FN3O3S. The summed E-state index contributed by atoms with van der Waals surface area (Å²) in [7, 11) is 0. The highest BCUT2D eigenvalue weighted by molar-refractivity contribution is 7.98. The Morgan fingerprint density at radius 1 is 1.12 bits per heavy atom. The molecule has 3 aromatic heterocycles. The number of halogens is 1. The van der Waals surface area contributed by atoms with E-state index >= 15 is 0 Å². The summed E-state index contributed by atoms with van der Waals surface area (Å²) in [6, 6.07) is 7.88. The van der Waals surface area contributed by atoms with Gasteiger partial charge in [0.2, 0.25) is 5.89 Å². The van der Waals surface area contributed by atoms with Crippen LogP contribution in [0, 0.1) is 12.7 Å². The maximum atomic E-state index is 13.3. The van der Waals surface area contributed by atoms with Gasteiger partial charge in [-0.1, -0.05) is 17.8 Å². The molecular weight excluding hydrogens is 345 g/mol. The lowest BCUT2D eigenvalue weighted by atomic mass is 10.2. The number of nitrogens with zero attached hydrogens (tertiary/aromatic N) is 3. The van der Waals surface area contributed by atoms with E-state index in [1.807, 2.05) is 6.92 Å². The summed E-state index contributed by atoms with van der Waals surface area (Å²) in [6.45, 7) is 1.83. The highest BCUT2D eigenvalue weighted by atomic mass is 32.2. The molecule has 8 heteroatoms. The SMILES string of the molecule is Cc1occc1-c1nnc(SCc2coc(-c3cccc(F)c3)n2)o1. The van der Waals surface area contributed by atoms with Crippen LogP contribution < -0.4 is 0 Å². The largest absolute Gasteiger partial charge is 0.469 e. The standard InChI is InChI=1S/C17H12FN3O3S/c1-10-14(5-6-22-10)16-20-21-17(24-16)25-9-13-8-23-15(19-13)11-3-2-4-12(18)7-11/h2-8H,9H2,1H3. The fourth-order valence-corrected chi connectivity index (χ4v) is 2.89. The molecule has 0 fully saturated rings. The van der Waals surface area contributed by atoms with Crippen molar-refractivity contribution in [2.24, 2.45) is 0 Å². The van der Waals surface area contributed by atoms with Crippen LogP contribution in [0.4, 0.5) is 4.39 Å². The maximum Gasteiger partial charge on any atom is 0.277 e. The van der Waals surface area contributed by atoms with Gasteiger partial charge in [0.1, 0.15) is 17.8 Å². The topological polar surface area (TPSA) is 78.1 Å². The summed E-state index contributed by atoms with van der Waals surface area (Å²) in [5.74, 6) is 1.66. The van der Waals surface area contributed by atoms with Crippen molar-refractivity contribution in [3.05, 3.63) is 60.1 Å². The summed E-state index contributed by atoms with van der Waals surface area (Å²) in [5, 5.41) is 8.43. The molecule has 25 heavy (non-hydrogen) atoms. The number of hydrogen-bond acceptors (Lipinski definition) is 7. The minimum absolute atomic E-state index is 0.334. The first-order valence-electron chi connectivity index (χ1n) is 7.40. The third-order valence-electron chi connectivity index (χ3n) is 3.46. The van der Waals surface area contributed by atoms with E-state index in [0.717, 1.165) is 11.3 Å². The molecule has 0 saturated carbocycles. The lowest BCUT2D eigenvalue weighted by Gasteiger charge is -1.94. The third-order valence-corrected chi connectivity index (χ3v) is 4.31. The van der Waals surface area contributed by atoms with E-state index in [-0.39, 0.29) is 5.82 Å². The van der Waals surface area contributed by atoms with E-state index in [1.54, 1.807) is 24.5 Å². The molecule has 4 aromatic rings. The van der Waals surface area contributed by atoms with Crippen LogP contribution in [0.2, 0.25) is 0 Å². The summed E-state index contributed by atoms with van der Waals surface area (Å²) >= 11 is 1.34. The van der Waals surface area contributed by atoms with E-state index in [4.69, 9.17) is 13.3 Å². The van der Waals surface area contributed by atoms with Crippen molar-refractivity contribution in [3.8, 4) is 22.9 Å². The molecule has 0 N–H and O–H groups in total. The molecule has 0 aliphatic carbocycles. The number of aryl methyl sites for hydroxylation is 1. The number of oxazole rings is 1. The molecule has 126 valence electrons. The number of thioether (sulfide) groups is 1. The van der Waals surface area contributed by atoms with E-state index in [0.29, 0.717) is 34.0 Å². The van der Waals surface area contributed by atoms with Crippen molar-refractivity contribution in [1.29, 1.82) is 0 Å². The fraction of sp³-hybridized carbons (Fsp3) is 0.118. The number of furan rings is 1. The second kappa shape index (κ2) is 6.56. The average Bonchev–Trinajstić information content (AvgIpc) is 3.33. The van der Waals surface area contributed by atoms with Crippen LogP contribution in [0.1, 0.15) is 11.5 Å². The second-order valence-corrected chi connectivity index (χ2v) is 6.13. The molecule has 3 heterocycles. The van der Waals surface area contributed by atoms with Crippen LogP contribution in [0.5, 0.6) is 0 Å². The molecule has 4 rings (SSSR count). The smallest absolute Gasteiger partial charge is 0.277 e. The second-order valence-electron chi connectivity index (χ2n) is 5.21. The minimum Gasteiger partial charge on any atom is -0.469 e. The van der Waals surface area contributed by atoms with E-state index in [1.165, 1.54) is 30.2 Å². The molecule has 0 saturated heterocycles. The van der Waals surface area contributed by atoms with Crippen LogP contribution in [0.25, 0.3) is 22.9 Å². The molecule has 1 aromatic carbocycles. The van der Waals surface area contributed by atoms with Gasteiger partial charge in [-0.2, -0.15) is 0 Å². The molecule has 6 nitrogen and oxygen atoms in total. The molecule has 0 aliphatic heterocycles. The molecule has 0 unspecified atom stereocenters.